The number of rotatable bonds is 7. The van der Waals surface area contributed by atoms with Crippen molar-refractivity contribution in [3.05, 3.63) is 47.9 Å². The van der Waals surface area contributed by atoms with E-state index in [2.05, 4.69) is 29.5 Å². The molecule has 10 nitrogen and oxygen atoms in total. The van der Waals surface area contributed by atoms with Crippen molar-refractivity contribution in [3.8, 4) is 17.8 Å². The molecule has 0 aliphatic carbocycles. The number of carbonyl (C=O) groups is 1. The second kappa shape index (κ2) is 12.1. The zero-order valence-electron chi connectivity index (χ0n) is 22.9. The summed E-state index contributed by atoms with van der Waals surface area (Å²) in [5.74, 6) is -0.0545. The lowest BCUT2D eigenvalue weighted by atomic mass is 10.1. The maximum Gasteiger partial charge on any atom is 0.318 e. The first-order chi connectivity index (χ1) is 19.4. The van der Waals surface area contributed by atoms with Gasteiger partial charge in [-0.2, -0.15) is 15.2 Å². The van der Waals surface area contributed by atoms with Gasteiger partial charge in [-0.25, -0.2) is 4.39 Å². The maximum absolute atomic E-state index is 14.8. The Morgan fingerprint density at radius 1 is 1.23 bits per heavy atom. The highest BCUT2D eigenvalue weighted by atomic mass is 19.1. The molecule has 0 saturated carbocycles. The Bertz CT molecular complexity index is 1280. The molecule has 0 radical (unpaired) electrons. The van der Waals surface area contributed by atoms with E-state index < -0.39 is 5.82 Å². The largest absolute Gasteiger partial charge is 0.506 e. The number of piperazine rings is 1. The van der Waals surface area contributed by atoms with Gasteiger partial charge in [0.15, 0.2) is 0 Å². The number of phenols is 1. The summed E-state index contributed by atoms with van der Waals surface area (Å²) in [6.45, 7) is 7.34. The molecule has 2 aromatic rings. The van der Waals surface area contributed by atoms with Crippen LogP contribution in [-0.4, -0.2) is 89.2 Å². The number of fused-ring (bicyclic) bond motifs is 1. The molecule has 1 aromatic carbocycles. The van der Waals surface area contributed by atoms with Gasteiger partial charge in [-0.3, -0.25) is 4.79 Å². The molecule has 1 amide bonds. The molecule has 2 saturated heterocycles. The Kier molecular flexibility index (Phi) is 8.35. The molecule has 1 unspecified atom stereocenters. The smallest absolute Gasteiger partial charge is 0.318 e. The molecule has 3 aliphatic heterocycles. The number of nitrogens with zero attached hydrogens (tertiary/aromatic N) is 7. The van der Waals surface area contributed by atoms with Crippen molar-refractivity contribution in [2.75, 3.05) is 56.2 Å². The van der Waals surface area contributed by atoms with E-state index >= 15 is 0 Å². The van der Waals surface area contributed by atoms with Crippen LogP contribution in [0.4, 0.5) is 15.9 Å². The highest BCUT2D eigenvalue weighted by Gasteiger charge is 2.33. The zero-order chi connectivity index (χ0) is 28.2. The second-order valence-corrected chi connectivity index (χ2v) is 10.7. The summed E-state index contributed by atoms with van der Waals surface area (Å²) < 4.78 is 21.0. The molecular weight excluding hydrogens is 513 g/mol. The molecule has 2 fully saturated rings. The number of nitriles is 1. The number of aromatic nitrogens is 2. The van der Waals surface area contributed by atoms with E-state index in [0.29, 0.717) is 45.6 Å². The van der Waals surface area contributed by atoms with Crippen molar-refractivity contribution in [1.29, 1.82) is 5.26 Å². The van der Waals surface area contributed by atoms with E-state index in [-0.39, 0.29) is 48.4 Å². The molecular formula is C29H36FN7O3. The minimum absolute atomic E-state index is 0.110. The molecule has 1 aromatic heterocycles. The number of benzene rings is 1. The normalized spacial score (nSPS) is 21.5. The number of ether oxygens (including phenoxy) is 1. The fourth-order valence-electron chi connectivity index (χ4n) is 6.02. The topological polar surface area (TPSA) is 109 Å². The van der Waals surface area contributed by atoms with Gasteiger partial charge in [0.05, 0.1) is 30.8 Å². The molecule has 0 bridgehead atoms. The number of aromatic hydroxyl groups is 1. The number of hydrogen-bond donors (Lipinski definition) is 1. The summed E-state index contributed by atoms with van der Waals surface area (Å²) in [6.07, 6.45) is 5.02. The van der Waals surface area contributed by atoms with E-state index in [1.54, 1.807) is 4.90 Å². The van der Waals surface area contributed by atoms with Crippen LogP contribution in [0.2, 0.25) is 0 Å². The van der Waals surface area contributed by atoms with E-state index in [1.807, 2.05) is 4.90 Å². The molecule has 1 N–H and O–H groups in total. The molecule has 2 atom stereocenters. The van der Waals surface area contributed by atoms with Crippen LogP contribution in [0.5, 0.6) is 11.8 Å². The lowest BCUT2D eigenvalue weighted by molar-refractivity contribution is -0.128. The van der Waals surface area contributed by atoms with Gasteiger partial charge >= 0.3 is 6.01 Å². The van der Waals surface area contributed by atoms with Crippen LogP contribution in [0.15, 0.2) is 30.9 Å². The molecule has 4 heterocycles. The number of phenolic OH excluding ortho intramolecular Hbond substituents is 1. The summed E-state index contributed by atoms with van der Waals surface area (Å²) in [7, 11) is 2.09. The number of amides is 1. The van der Waals surface area contributed by atoms with Crippen molar-refractivity contribution in [3.63, 3.8) is 0 Å². The first kappa shape index (κ1) is 27.6. The lowest BCUT2D eigenvalue weighted by Gasteiger charge is -2.41. The summed E-state index contributed by atoms with van der Waals surface area (Å²) in [4.78, 5) is 30.1. The minimum atomic E-state index is -0.485. The minimum Gasteiger partial charge on any atom is -0.506 e. The average Bonchev–Trinajstić information content (AvgIpc) is 3.24. The van der Waals surface area contributed by atoms with E-state index in [4.69, 9.17) is 14.7 Å². The molecule has 212 valence electrons. The van der Waals surface area contributed by atoms with Gasteiger partial charge in [0.2, 0.25) is 5.91 Å². The van der Waals surface area contributed by atoms with Crippen LogP contribution >= 0.6 is 0 Å². The van der Waals surface area contributed by atoms with Gasteiger partial charge in [0.25, 0.3) is 0 Å². The van der Waals surface area contributed by atoms with Gasteiger partial charge in [-0.15, -0.1) is 0 Å². The Balaban J connectivity index is 1.49. The number of halogens is 1. The predicted octanol–water partition coefficient (Wildman–Crippen LogP) is 2.86. The van der Waals surface area contributed by atoms with Crippen LogP contribution in [0, 0.1) is 17.1 Å². The maximum atomic E-state index is 14.8. The third-order valence-corrected chi connectivity index (χ3v) is 8.17. The Morgan fingerprint density at radius 3 is 2.80 bits per heavy atom. The molecule has 40 heavy (non-hydrogen) atoms. The zero-order valence-corrected chi connectivity index (χ0v) is 22.9. The van der Waals surface area contributed by atoms with Crippen molar-refractivity contribution in [1.82, 2.24) is 19.8 Å². The molecule has 0 spiro atoms. The standard InChI is InChI=1S/C29H36FN7O3/c1-3-26(39)37-16-15-36(17-20(37)11-12-31)28-22-8-6-14-35(27-23(30)9-4-10-25(27)38)18-24(22)32-29(33-28)40-19-21-7-5-13-34(21)2/h3-4,9-10,20-21,38H,1,5-8,11,13-19H2,2H3/t20?,21-/m0/s1. The van der Waals surface area contributed by atoms with Crippen LogP contribution in [0.3, 0.4) is 0 Å². The number of likely N-dealkylation sites (tertiary alicyclic amines) is 1. The van der Waals surface area contributed by atoms with Crippen molar-refractivity contribution < 1.29 is 19.0 Å². The Hall–Kier alpha value is -3.91. The number of anilines is 2. The molecule has 5 rings (SSSR count). The number of likely N-dealkylation sites (N-methyl/N-ethyl adjacent to an activating group) is 1. The van der Waals surface area contributed by atoms with Crippen LogP contribution < -0.4 is 14.5 Å². The third-order valence-electron chi connectivity index (χ3n) is 8.17. The molecule has 3 aliphatic rings. The van der Waals surface area contributed by atoms with Gasteiger partial charge in [0.1, 0.15) is 29.7 Å². The predicted molar refractivity (Wildman–Crippen MR) is 149 cm³/mol. The summed E-state index contributed by atoms with van der Waals surface area (Å²) in [5.41, 5.74) is 1.83. The van der Waals surface area contributed by atoms with Crippen molar-refractivity contribution >= 4 is 17.4 Å². The van der Waals surface area contributed by atoms with E-state index in [9.17, 15) is 19.6 Å². The van der Waals surface area contributed by atoms with Crippen molar-refractivity contribution in [2.45, 2.75) is 50.7 Å². The van der Waals surface area contributed by atoms with Gasteiger partial charge in [-0.1, -0.05) is 12.6 Å². The first-order valence-electron chi connectivity index (χ1n) is 13.9. The van der Waals surface area contributed by atoms with Gasteiger partial charge in [0, 0.05) is 37.8 Å². The van der Waals surface area contributed by atoms with Crippen molar-refractivity contribution in [2.24, 2.45) is 0 Å². The summed E-state index contributed by atoms with van der Waals surface area (Å²) in [5, 5.41) is 19.9. The Labute approximate surface area is 234 Å². The third kappa shape index (κ3) is 5.68. The summed E-state index contributed by atoms with van der Waals surface area (Å²) >= 11 is 0. The highest BCUT2D eigenvalue weighted by Crippen LogP contribution is 2.36. The fourth-order valence-corrected chi connectivity index (χ4v) is 6.02. The second-order valence-electron chi connectivity index (χ2n) is 10.7. The number of para-hydroxylation sites is 1. The summed E-state index contributed by atoms with van der Waals surface area (Å²) in [6, 6.07) is 6.77. The monoisotopic (exact) mass is 549 g/mol. The number of carbonyl (C=O) groups excluding carboxylic acids is 1. The number of hydrogen-bond acceptors (Lipinski definition) is 9. The molecule has 11 heteroatoms. The van der Waals surface area contributed by atoms with E-state index in [0.717, 1.165) is 36.5 Å². The quantitative estimate of drug-likeness (QED) is 0.522. The van der Waals surface area contributed by atoms with E-state index in [1.165, 1.54) is 24.3 Å². The highest BCUT2D eigenvalue weighted by molar-refractivity contribution is 5.87. The Morgan fingerprint density at radius 2 is 2.08 bits per heavy atom. The average molecular weight is 550 g/mol. The van der Waals surface area contributed by atoms with Gasteiger partial charge < -0.3 is 29.4 Å². The van der Waals surface area contributed by atoms with Crippen LogP contribution in [0.1, 0.15) is 36.9 Å². The lowest BCUT2D eigenvalue weighted by Crippen LogP contribution is -2.55. The first-order valence-corrected chi connectivity index (χ1v) is 13.9. The van der Waals surface area contributed by atoms with Crippen LogP contribution in [-0.2, 0) is 17.8 Å². The van der Waals surface area contributed by atoms with Crippen LogP contribution in [0.25, 0.3) is 0 Å². The SMILES string of the molecule is C=CC(=O)N1CCN(c2nc(OC[C@@H]3CCCN3C)nc3c2CCCN(c2c(O)cccc2F)C3)CC1CC#N. The van der Waals surface area contributed by atoms with Gasteiger partial charge in [-0.05, 0) is 57.5 Å². The fraction of sp³-hybridized carbons (Fsp3) is 0.517.